The molecule has 5 nitrogen and oxygen atoms in total. The molecule has 0 spiro atoms. The molecule has 1 N–H and O–H groups in total. The van der Waals surface area contributed by atoms with Crippen molar-refractivity contribution in [1.29, 1.82) is 0 Å². The molecule has 3 unspecified atom stereocenters. The van der Waals surface area contributed by atoms with Crippen LogP contribution in [0.5, 0.6) is 0 Å². The Labute approximate surface area is 163 Å². The molecule has 2 aromatic carbocycles. The zero-order valence-electron chi connectivity index (χ0n) is 14.9. The number of halogens is 1. The summed E-state index contributed by atoms with van der Waals surface area (Å²) in [5.41, 5.74) is 2.21. The lowest BCUT2D eigenvalue weighted by Gasteiger charge is -2.33. The van der Waals surface area contributed by atoms with Crippen LogP contribution in [0.15, 0.2) is 60.7 Å². The lowest BCUT2D eigenvalue weighted by atomic mass is 10.0. The molecule has 136 valence electrons. The number of rotatable bonds is 2. The Morgan fingerprint density at radius 2 is 1.70 bits per heavy atom. The first-order valence-corrected chi connectivity index (χ1v) is 9.81. The highest BCUT2D eigenvalue weighted by Gasteiger charge is 2.42. The van der Waals surface area contributed by atoms with E-state index in [4.69, 9.17) is 11.6 Å². The van der Waals surface area contributed by atoms with Gasteiger partial charge in [0.15, 0.2) is 12.0 Å². The van der Waals surface area contributed by atoms with Gasteiger partial charge in [0.2, 0.25) is 11.9 Å². The van der Waals surface area contributed by atoms with E-state index < -0.39 is 0 Å². The van der Waals surface area contributed by atoms with Crippen molar-refractivity contribution in [3.05, 3.63) is 66.5 Å². The van der Waals surface area contributed by atoms with Gasteiger partial charge in [-0.2, -0.15) is 4.58 Å². The van der Waals surface area contributed by atoms with Crippen LogP contribution in [0.25, 0.3) is 11.4 Å². The number of nitrogens with zero attached hydrogens (tertiary/aromatic N) is 4. The Balaban J connectivity index is 1.63. The molecule has 0 saturated carbocycles. The van der Waals surface area contributed by atoms with Crippen LogP contribution in [0.3, 0.4) is 0 Å². The summed E-state index contributed by atoms with van der Waals surface area (Å²) in [5, 5.41) is 12.7. The number of piperidine rings is 1. The lowest BCUT2D eigenvalue weighted by Crippen LogP contribution is -2.51. The Morgan fingerprint density at radius 3 is 2.48 bits per heavy atom. The van der Waals surface area contributed by atoms with E-state index in [9.17, 15) is 0 Å². The molecule has 1 aromatic heterocycles. The van der Waals surface area contributed by atoms with Gasteiger partial charge >= 0.3 is 0 Å². The normalized spacial score (nSPS) is 24.5. The van der Waals surface area contributed by atoms with E-state index in [2.05, 4.69) is 67.3 Å². The van der Waals surface area contributed by atoms with Gasteiger partial charge in [0.1, 0.15) is 11.9 Å². The smallest absolute Gasteiger partial charge is 0.234 e. The minimum atomic E-state index is -0.0379. The Bertz CT molecular complexity index is 967. The van der Waals surface area contributed by atoms with Crippen molar-refractivity contribution >= 4 is 23.5 Å². The molecule has 2 aliphatic heterocycles. The predicted molar refractivity (Wildman–Crippen MR) is 106 cm³/mol. The highest BCUT2D eigenvalue weighted by molar-refractivity contribution is 6.20. The van der Waals surface area contributed by atoms with Crippen LogP contribution in [-0.4, -0.2) is 37.2 Å². The quantitative estimate of drug-likeness (QED) is 0.420. The summed E-state index contributed by atoms with van der Waals surface area (Å²) in [6.45, 7) is 0. The largest absolute Gasteiger partial charge is 0.299 e. The van der Waals surface area contributed by atoms with E-state index in [0.29, 0.717) is 0 Å². The summed E-state index contributed by atoms with van der Waals surface area (Å²) < 4.78 is 4.62. The molecule has 3 heterocycles. The third kappa shape index (κ3) is 2.97. The second-order valence-electron chi connectivity index (χ2n) is 7.03. The molecule has 27 heavy (non-hydrogen) atoms. The Morgan fingerprint density at radius 1 is 0.963 bits per heavy atom. The second kappa shape index (κ2) is 6.91. The first-order chi connectivity index (χ1) is 13.3. The third-order valence-electron chi connectivity index (χ3n) is 5.39. The van der Waals surface area contributed by atoms with Crippen molar-refractivity contribution < 1.29 is 4.58 Å². The summed E-state index contributed by atoms with van der Waals surface area (Å²) in [6.07, 6.45) is 4.89. The molecule has 2 aliphatic rings. The van der Waals surface area contributed by atoms with Crippen molar-refractivity contribution in [2.75, 3.05) is 0 Å². The van der Waals surface area contributed by atoms with Gasteiger partial charge in [-0.3, -0.25) is 4.57 Å². The first kappa shape index (κ1) is 16.7. The highest BCUT2D eigenvalue weighted by Crippen LogP contribution is 2.35. The molecule has 0 aliphatic carbocycles. The van der Waals surface area contributed by atoms with E-state index in [1.807, 2.05) is 24.3 Å². The van der Waals surface area contributed by atoms with Gasteiger partial charge in [0, 0.05) is 17.7 Å². The van der Waals surface area contributed by atoms with Crippen LogP contribution in [0, 0.1) is 0 Å². The fourth-order valence-electron chi connectivity index (χ4n) is 4.15. The number of nitrogens with one attached hydrogen (secondary N) is 1. The standard InChI is InChI=1S/C21H21ClN5/c22-18-12-11-17-21(23-18)26(16-9-5-2-6-10-16)14-13-19-24-25-20(27(17)19)15-7-3-1-4-8-15/h1-10,14,17-18,21,23H,11-13H2/q+1. The highest BCUT2D eigenvalue weighted by atomic mass is 35.5. The topological polar surface area (TPSA) is 45.8 Å². The van der Waals surface area contributed by atoms with Gasteiger partial charge in [-0.1, -0.05) is 48.5 Å². The summed E-state index contributed by atoms with van der Waals surface area (Å²) >= 11 is 6.51. The van der Waals surface area contributed by atoms with Gasteiger partial charge in [-0.05, 0) is 12.8 Å². The molecular formula is C21H21ClN5+. The number of benzene rings is 2. The van der Waals surface area contributed by atoms with E-state index in [1.54, 1.807) is 0 Å². The maximum absolute atomic E-state index is 6.51. The van der Waals surface area contributed by atoms with E-state index in [1.165, 1.54) is 0 Å². The maximum atomic E-state index is 6.51. The fraction of sp³-hybridized carbons (Fsp3) is 0.286. The zero-order chi connectivity index (χ0) is 18.2. The average Bonchev–Trinajstić information content (AvgIpc) is 3.07. The fourth-order valence-corrected chi connectivity index (χ4v) is 4.40. The third-order valence-corrected chi connectivity index (χ3v) is 5.73. The van der Waals surface area contributed by atoms with Crippen LogP contribution in [0.1, 0.15) is 24.7 Å². The molecule has 0 amide bonds. The van der Waals surface area contributed by atoms with Crippen molar-refractivity contribution in [1.82, 2.24) is 20.1 Å². The van der Waals surface area contributed by atoms with Crippen molar-refractivity contribution in [3.63, 3.8) is 0 Å². The monoisotopic (exact) mass is 378 g/mol. The molecule has 6 heteroatoms. The first-order valence-electron chi connectivity index (χ1n) is 9.37. The van der Waals surface area contributed by atoms with Crippen molar-refractivity contribution in [2.45, 2.75) is 37.0 Å². The van der Waals surface area contributed by atoms with Crippen molar-refractivity contribution in [2.24, 2.45) is 0 Å². The molecule has 3 aromatic rings. The molecule has 0 bridgehead atoms. The molecule has 3 atom stereocenters. The molecule has 1 saturated heterocycles. The number of fused-ring (bicyclic) bond motifs is 3. The van der Waals surface area contributed by atoms with Crippen LogP contribution in [0.4, 0.5) is 5.69 Å². The molecule has 1 fully saturated rings. The average molecular weight is 379 g/mol. The minimum Gasteiger partial charge on any atom is -0.299 e. The van der Waals surface area contributed by atoms with E-state index in [-0.39, 0.29) is 17.7 Å². The number of hydrogen-bond acceptors (Lipinski definition) is 3. The van der Waals surface area contributed by atoms with Crippen molar-refractivity contribution in [3.8, 4) is 11.4 Å². The van der Waals surface area contributed by atoms with Gasteiger partial charge < -0.3 is 0 Å². The van der Waals surface area contributed by atoms with Gasteiger partial charge in [-0.15, -0.1) is 21.8 Å². The lowest BCUT2D eigenvalue weighted by molar-refractivity contribution is -0.500. The number of hydrogen-bond donors (Lipinski definition) is 1. The van der Waals surface area contributed by atoms with Gasteiger partial charge in [0.05, 0.1) is 11.9 Å². The zero-order valence-corrected chi connectivity index (χ0v) is 15.6. The van der Waals surface area contributed by atoms with Gasteiger partial charge in [-0.25, -0.2) is 5.32 Å². The molecule has 0 radical (unpaired) electrons. The Hall–Kier alpha value is -2.50. The summed E-state index contributed by atoms with van der Waals surface area (Å²) in [7, 11) is 0. The van der Waals surface area contributed by atoms with Crippen LogP contribution < -0.4 is 5.32 Å². The predicted octanol–water partition coefficient (Wildman–Crippen LogP) is 3.73. The summed E-state index contributed by atoms with van der Waals surface area (Å²) in [4.78, 5) is 0. The molecule has 5 rings (SSSR count). The van der Waals surface area contributed by atoms with Crippen LogP contribution >= 0.6 is 11.6 Å². The number of aromatic nitrogens is 3. The summed E-state index contributed by atoms with van der Waals surface area (Å²) in [5.74, 6) is 1.93. The van der Waals surface area contributed by atoms with E-state index >= 15 is 0 Å². The van der Waals surface area contributed by atoms with Crippen LogP contribution in [0.2, 0.25) is 0 Å². The van der Waals surface area contributed by atoms with Crippen LogP contribution in [-0.2, 0) is 6.42 Å². The SMILES string of the molecule is ClC1CCC2C(N1)[N+](c1ccccc1)=CCc1nnc(-c3ccccc3)n12. The second-order valence-corrected chi connectivity index (χ2v) is 7.56. The summed E-state index contributed by atoms with van der Waals surface area (Å²) in [6, 6.07) is 21.0. The molecular weight excluding hydrogens is 358 g/mol. The van der Waals surface area contributed by atoms with Gasteiger partial charge in [0.25, 0.3) is 0 Å². The number of alkyl halides is 1. The Kier molecular flexibility index (Phi) is 4.26. The minimum absolute atomic E-state index is 0.0379. The van der Waals surface area contributed by atoms with E-state index in [0.717, 1.165) is 42.2 Å². The maximum Gasteiger partial charge on any atom is 0.234 e. The number of para-hydroxylation sites is 1.